The van der Waals surface area contributed by atoms with Gasteiger partial charge >= 0.3 is 0 Å². The molecule has 0 heterocycles. The van der Waals surface area contributed by atoms with Gasteiger partial charge in [0.05, 0.1) is 10.6 Å². The summed E-state index contributed by atoms with van der Waals surface area (Å²) in [6.45, 7) is 2.83. The second-order valence-corrected chi connectivity index (χ2v) is 4.98. The predicted molar refractivity (Wildman–Crippen MR) is 80.1 cm³/mol. The van der Waals surface area contributed by atoms with Gasteiger partial charge in [0.2, 0.25) is 0 Å². The minimum Gasteiger partial charge on any atom is -0.370 e. The van der Waals surface area contributed by atoms with E-state index in [1.165, 1.54) is 11.1 Å². The number of aldehydes is 1. The van der Waals surface area contributed by atoms with Crippen molar-refractivity contribution in [1.29, 1.82) is 0 Å². The lowest BCUT2D eigenvalue weighted by molar-refractivity contribution is 0.112. The minimum absolute atomic E-state index is 0.490. The molecule has 2 nitrogen and oxygen atoms in total. The average molecular weight is 274 g/mol. The number of nitrogens with zero attached hydrogens (tertiary/aromatic N) is 1. The number of carbonyl (C=O) groups is 1. The second-order valence-electron chi connectivity index (χ2n) is 4.57. The van der Waals surface area contributed by atoms with Gasteiger partial charge in [-0.25, -0.2) is 0 Å². The van der Waals surface area contributed by atoms with Crippen molar-refractivity contribution in [2.75, 3.05) is 11.9 Å². The fraction of sp³-hybridized carbons (Fsp3) is 0.188. The lowest BCUT2D eigenvalue weighted by atomic mass is 10.1. The van der Waals surface area contributed by atoms with Crippen molar-refractivity contribution in [2.24, 2.45) is 0 Å². The quantitative estimate of drug-likeness (QED) is 0.782. The summed E-state index contributed by atoms with van der Waals surface area (Å²) < 4.78 is 0. The highest BCUT2D eigenvalue weighted by atomic mass is 35.5. The Morgan fingerprint density at radius 2 is 1.89 bits per heavy atom. The molecule has 0 aliphatic carbocycles. The van der Waals surface area contributed by atoms with E-state index >= 15 is 0 Å². The molecule has 3 heteroatoms. The van der Waals surface area contributed by atoms with Gasteiger partial charge in [-0.15, -0.1) is 0 Å². The Morgan fingerprint density at radius 1 is 1.16 bits per heavy atom. The van der Waals surface area contributed by atoms with Crippen molar-refractivity contribution in [3.63, 3.8) is 0 Å². The van der Waals surface area contributed by atoms with E-state index in [-0.39, 0.29) is 0 Å². The molecule has 0 amide bonds. The first-order chi connectivity index (χ1) is 9.13. The fourth-order valence-electron chi connectivity index (χ4n) is 2.10. The van der Waals surface area contributed by atoms with Gasteiger partial charge in [-0.2, -0.15) is 0 Å². The lowest BCUT2D eigenvalue weighted by Gasteiger charge is -2.22. The molecule has 0 N–H and O–H groups in total. The lowest BCUT2D eigenvalue weighted by Crippen LogP contribution is -2.18. The largest absolute Gasteiger partial charge is 0.370 e. The first-order valence-electron chi connectivity index (χ1n) is 6.13. The minimum atomic E-state index is 0.490. The zero-order chi connectivity index (χ0) is 13.8. The monoisotopic (exact) mass is 273 g/mol. The summed E-state index contributed by atoms with van der Waals surface area (Å²) in [5, 5.41) is 0.490. The highest BCUT2D eigenvalue weighted by Gasteiger charge is 2.11. The summed E-state index contributed by atoms with van der Waals surface area (Å²) in [4.78, 5) is 13.2. The summed E-state index contributed by atoms with van der Waals surface area (Å²) in [7, 11) is 1.96. The Balaban J connectivity index is 2.30. The molecule has 0 radical (unpaired) electrons. The summed E-state index contributed by atoms with van der Waals surface area (Å²) >= 11 is 6.05. The van der Waals surface area contributed by atoms with Crippen LogP contribution in [0.1, 0.15) is 21.5 Å². The van der Waals surface area contributed by atoms with E-state index in [1.54, 1.807) is 6.07 Å². The van der Waals surface area contributed by atoms with Crippen molar-refractivity contribution >= 4 is 23.6 Å². The van der Waals surface area contributed by atoms with Gasteiger partial charge < -0.3 is 4.90 Å². The molecule has 0 atom stereocenters. The Bertz CT molecular complexity index is 595. The van der Waals surface area contributed by atoms with E-state index in [4.69, 9.17) is 11.6 Å². The van der Waals surface area contributed by atoms with Gasteiger partial charge in [0.1, 0.15) is 0 Å². The molecular weight excluding hydrogens is 258 g/mol. The predicted octanol–water partition coefficient (Wildman–Crippen LogP) is 4.10. The molecule has 98 valence electrons. The number of hydrogen-bond acceptors (Lipinski definition) is 2. The molecule has 0 bridgehead atoms. The zero-order valence-electron chi connectivity index (χ0n) is 11.1. The number of hydrogen-bond donors (Lipinski definition) is 0. The van der Waals surface area contributed by atoms with Crippen molar-refractivity contribution < 1.29 is 4.79 Å². The topological polar surface area (TPSA) is 20.3 Å². The van der Waals surface area contributed by atoms with Crippen molar-refractivity contribution in [1.82, 2.24) is 0 Å². The molecule has 0 aliphatic heterocycles. The molecule has 0 unspecified atom stereocenters. The Hall–Kier alpha value is -1.80. The zero-order valence-corrected chi connectivity index (χ0v) is 11.8. The van der Waals surface area contributed by atoms with Crippen LogP contribution in [0.5, 0.6) is 0 Å². The van der Waals surface area contributed by atoms with E-state index in [9.17, 15) is 4.79 Å². The SMILES string of the molecule is Cc1ccccc1CN(C)c1cccc(Cl)c1C=O. The molecule has 2 aromatic rings. The Morgan fingerprint density at radius 3 is 2.58 bits per heavy atom. The number of halogens is 1. The second kappa shape index (κ2) is 5.89. The van der Waals surface area contributed by atoms with E-state index in [2.05, 4.69) is 19.1 Å². The number of carbonyl (C=O) groups excluding carboxylic acids is 1. The third-order valence-electron chi connectivity index (χ3n) is 3.23. The van der Waals surface area contributed by atoms with Crippen LogP contribution in [0.2, 0.25) is 5.02 Å². The van der Waals surface area contributed by atoms with E-state index in [0.717, 1.165) is 18.5 Å². The summed E-state index contributed by atoms with van der Waals surface area (Å²) in [5.41, 5.74) is 3.87. The number of anilines is 1. The van der Waals surface area contributed by atoms with Crippen LogP contribution in [0.25, 0.3) is 0 Å². The van der Waals surface area contributed by atoms with Crippen LogP contribution < -0.4 is 4.90 Å². The average Bonchev–Trinajstić information content (AvgIpc) is 2.41. The standard InChI is InChI=1S/C16H16ClNO/c1-12-6-3-4-7-13(12)10-18(2)16-9-5-8-15(17)14(16)11-19/h3-9,11H,10H2,1-2H3. The third-order valence-corrected chi connectivity index (χ3v) is 3.56. The molecule has 0 saturated heterocycles. The molecule has 0 fully saturated rings. The maximum absolute atomic E-state index is 11.2. The molecule has 0 saturated carbocycles. The first kappa shape index (κ1) is 13.6. The molecule has 0 spiro atoms. The Kier molecular flexibility index (Phi) is 4.23. The van der Waals surface area contributed by atoms with Crippen LogP contribution in [0.4, 0.5) is 5.69 Å². The van der Waals surface area contributed by atoms with Crippen molar-refractivity contribution in [2.45, 2.75) is 13.5 Å². The van der Waals surface area contributed by atoms with Gasteiger partial charge in [-0.3, -0.25) is 4.79 Å². The molecule has 2 rings (SSSR count). The van der Waals surface area contributed by atoms with Crippen LogP contribution in [0.3, 0.4) is 0 Å². The molecular formula is C16H16ClNO. The normalized spacial score (nSPS) is 10.3. The van der Waals surface area contributed by atoms with Gasteiger partial charge in [-0.1, -0.05) is 41.9 Å². The molecule has 19 heavy (non-hydrogen) atoms. The number of benzene rings is 2. The molecule has 2 aromatic carbocycles. The van der Waals surface area contributed by atoms with Gasteiger partial charge in [0.25, 0.3) is 0 Å². The van der Waals surface area contributed by atoms with Gasteiger partial charge in [0.15, 0.2) is 6.29 Å². The van der Waals surface area contributed by atoms with E-state index in [0.29, 0.717) is 10.6 Å². The van der Waals surface area contributed by atoms with Gasteiger partial charge in [-0.05, 0) is 30.2 Å². The summed E-state index contributed by atoms with van der Waals surface area (Å²) in [5.74, 6) is 0. The van der Waals surface area contributed by atoms with Gasteiger partial charge in [0, 0.05) is 19.3 Å². The maximum atomic E-state index is 11.2. The van der Waals surface area contributed by atoms with Crippen LogP contribution in [-0.4, -0.2) is 13.3 Å². The Labute approximate surface area is 118 Å². The number of aryl methyl sites for hydroxylation is 1. The summed E-state index contributed by atoms with van der Waals surface area (Å²) in [6, 6.07) is 13.7. The highest BCUT2D eigenvalue weighted by molar-refractivity contribution is 6.33. The highest BCUT2D eigenvalue weighted by Crippen LogP contribution is 2.26. The van der Waals surface area contributed by atoms with Crippen LogP contribution in [0, 0.1) is 6.92 Å². The summed E-state index contributed by atoms with van der Waals surface area (Å²) in [6.07, 6.45) is 0.812. The molecule has 0 aliphatic rings. The van der Waals surface area contributed by atoms with Crippen molar-refractivity contribution in [3.8, 4) is 0 Å². The fourth-order valence-corrected chi connectivity index (χ4v) is 2.32. The third kappa shape index (κ3) is 2.96. The van der Waals surface area contributed by atoms with E-state index in [1.807, 2.05) is 36.2 Å². The smallest absolute Gasteiger partial charge is 0.153 e. The van der Waals surface area contributed by atoms with Crippen molar-refractivity contribution in [3.05, 3.63) is 64.2 Å². The maximum Gasteiger partial charge on any atom is 0.153 e. The van der Waals surface area contributed by atoms with E-state index < -0.39 is 0 Å². The first-order valence-corrected chi connectivity index (χ1v) is 6.50. The number of rotatable bonds is 4. The molecule has 0 aromatic heterocycles. The van der Waals surface area contributed by atoms with Crippen LogP contribution >= 0.6 is 11.6 Å². The van der Waals surface area contributed by atoms with Crippen LogP contribution in [-0.2, 0) is 6.54 Å². The van der Waals surface area contributed by atoms with Crippen LogP contribution in [0.15, 0.2) is 42.5 Å².